The van der Waals surface area contributed by atoms with Crippen LogP contribution in [0.15, 0.2) is 39.0 Å². The quantitative estimate of drug-likeness (QED) is 0.565. The molecule has 0 aliphatic rings. The summed E-state index contributed by atoms with van der Waals surface area (Å²) in [6.45, 7) is 2.05. The van der Waals surface area contributed by atoms with Crippen LogP contribution in [0.4, 0.5) is 5.95 Å². The second kappa shape index (κ2) is 6.56. The molecule has 130 valence electrons. The Balaban J connectivity index is 2.01. The molecule has 0 aliphatic carbocycles. The van der Waals surface area contributed by atoms with E-state index in [2.05, 4.69) is 15.5 Å². The Morgan fingerprint density at radius 1 is 1.20 bits per heavy atom. The summed E-state index contributed by atoms with van der Waals surface area (Å²) < 4.78 is 4.11. The van der Waals surface area contributed by atoms with E-state index in [1.165, 1.54) is 9.13 Å². The van der Waals surface area contributed by atoms with Crippen molar-refractivity contribution in [3.8, 4) is 0 Å². The highest BCUT2D eigenvalue weighted by Gasteiger charge is 2.17. The molecule has 8 nitrogen and oxygen atoms in total. The Kier molecular flexibility index (Phi) is 4.45. The second-order valence-corrected chi connectivity index (χ2v) is 5.92. The van der Waals surface area contributed by atoms with Crippen LogP contribution in [0.3, 0.4) is 0 Å². The largest absolute Gasteiger partial charge is 0.332 e. The number of hydrazone groups is 1. The molecule has 0 bridgehead atoms. The smallest absolute Gasteiger partial charge is 0.306 e. The minimum Gasteiger partial charge on any atom is -0.306 e. The van der Waals surface area contributed by atoms with E-state index in [0.29, 0.717) is 28.7 Å². The zero-order valence-electron chi connectivity index (χ0n) is 14.0. The molecule has 0 fully saturated rings. The van der Waals surface area contributed by atoms with Gasteiger partial charge in [-0.1, -0.05) is 23.7 Å². The van der Waals surface area contributed by atoms with Gasteiger partial charge in [-0.25, -0.2) is 10.2 Å². The Morgan fingerprint density at radius 2 is 1.88 bits per heavy atom. The van der Waals surface area contributed by atoms with Crippen molar-refractivity contribution in [3.63, 3.8) is 0 Å². The number of nitrogens with one attached hydrogen (secondary N) is 1. The zero-order chi connectivity index (χ0) is 18.1. The molecule has 3 rings (SSSR count). The number of nitrogens with zero attached hydrogens (tertiary/aromatic N) is 5. The highest BCUT2D eigenvalue weighted by atomic mass is 35.5. The predicted octanol–water partition coefficient (Wildman–Crippen LogP) is 1.55. The van der Waals surface area contributed by atoms with Crippen LogP contribution in [0.25, 0.3) is 11.2 Å². The zero-order valence-corrected chi connectivity index (χ0v) is 14.8. The average Bonchev–Trinajstić information content (AvgIpc) is 2.92. The van der Waals surface area contributed by atoms with Gasteiger partial charge in [-0.05, 0) is 24.6 Å². The first-order valence-electron chi connectivity index (χ1n) is 7.65. The van der Waals surface area contributed by atoms with Crippen LogP contribution in [-0.4, -0.2) is 24.9 Å². The van der Waals surface area contributed by atoms with Crippen molar-refractivity contribution in [2.24, 2.45) is 19.2 Å². The van der Waals surface area contributed by atoms with Crippen LogP contribution in [0.2, 0.25) is 5.02 Å². The lowest BCUT2D eigenvalue weighted by molar-refractivity contribution is 0.635. The van der Waals surface area contributed by atoms with Crippen molar-refractivity contribution < 1.29 is 0 Å². The molecule has 0 radical (unpaired) electrons. The van der Waals surface area contributed by atoms with Gasteiger partial charge in [-0.15, -0.1) is 0 Å². The summed E-state index contributed by atoms with van der Waals surface area (Å²) in [6.07, 6.45) is 1.61. The van der Waals surface area contributed by atoms with Gasteiger partial charge in [0.25, 0.3) is 5.56 Å². The van der Waals surface area contributed by atoms with Crippen molar-refractivity contribution >= 4 is 34.9 Å². The molecule has 0 saturated heterocycles. The number of hydrogen-bond donors (Lipinski definition) is 1. The number of halogens is 1. The lowest BCUT2D eigenvalue weighted by atomic mass is 10.2. The summed E-state index contributed by atoms with van der Waals surface area (Å²) >= 11 is 5.84. The number of aryl methyl sites for hydroxylation is 2. The van der Waals surface area contributed by atoms with Crippen LogP contribution in [-0.2, 0) is 20.6 Å². The number of imidazole rings is 1. The van der Waals surface area contributed by atoms with Gasteiger partial charge < -0.3 is 4.57 Å². The summed E-state index contributed by atoms with van der Waals surface area (Å²) in [4.78, 5) is 29.0. The standard InChI is InChI=1S/C16H17ClN6O2/c1-4-23-14(24)12-13(22(3)16(23)25)19-15(21(12)2)20-18-9-10-5-7-11(17)8-6-10/h5-9H,4H2,1-3H3,(H,19,20). The monoisotopic (exact) mass is 360 g/mol. The average molecular weight is 361 g/mol. The lowest BCUT2D eigenvalue weighted by Crippen LogP contribution is -2.39. The molecule has 9 heteroatoms. The molecular weight excluding hydrogens is 344 g/mol. The van der Waals surface area contributed by atoms with Gasteiger partial charge >= 0.3 is 5.69 Å². The number of anilines is 1. The lowest BCUT2D eigenvalue weighted by Gasteiger charge is -2.05. The van der Waals surface area contributed by atoms with Crippen molar-refractivity contribution in [3.05, 3.63) is 55.7 Å². The van der Waals surface area contributed by atoms with Gasteiger partial charge in [0.1, 0.15) is 0 Å². The highest BCUT2D eigenvalue weighted by molar-refractivity contribution is 6.30. The summed E-state index contributed by atoms with van der Waals surface area (Å²) in [5.74, 6) is 0.362. The Hall–Kier alpha value is -2.87. The van der Waals surface area contributed by atoms with E-state index in [9.17, 15) is 9.59 Å². The predicted molar refractivity (Wildman–Crippen MR) is 98.6 cm³/mol. The topological polar surface area (TPSA) is 86.2 Å². The Labute approximate surface area is 148 Å². The first-order valence-corrected chi connectivity index (χ1v) is 8.02. The van der Waals surface area contributed by atoms with E-state index in [-0.39, 0.29) is 5.56 Å². The Bertz CT molecular complexity index is 1080. The SMILES string of the molecule is CCn1c(=O)c2c(nc(NN=Cc3ccc(Cl)cc3)n2C)n(C)c1=O. The molecule has 2 aromatic heterocycles. The second-order valence-electron chi connectivity index (χ2n) is 5.48. The number of aromatic nitrogens is 4. The fourth-order valence-corrected chi connectivity index (χ4v) is 2.66. The third kappa shape index (κ3) is 2.96. The van der Waals surface area contributed by atoms with E-state index >= 15 is 0 Å². The van der Waals surface area contributed by atoms with Crippen LogP contribution in [0.1, 0.15) is 12.5 Å². The maximum absolute atomic E-state index is 12.5. The first kappa shape index (κ1) is 17.0. The summed E-state index contributed by atoms with van der Waals surface area (Å²) in [5, 5.41) is 4.77. The van der Waals surface area contributed by atoms with Gasteiger partial charge in [0.15, 0.2) is 11.2 Å². The summed E-state index contributed by atoms with van der Waals surface area (Å²) in [6, 6.07) is 7.18. The van der Waals surface area contributed by atoms with E-state index in [1.807, 2.05) is 12.1 Å². The van der Waals surface area contributed by atoms with Crippen molar-refractivity contribution in [2.75, 3.05) is 5.43 Å². The van der Waals surface area contributed by atoms with Crippen LogP contribution in [0, 0.1) is 0 Å². The molecule has 25 heavy (non-hydrogen) atoms. The molecule has 0 spiro atoms. The van der Waals surface area contributed by atoms with E-state index in [1.54, 1.807) is 43.9 Å². The number of fused-ring (bicyclic) bond motifs is 1. The molecule has 0 amide bonds. The normalized spacial score (nSPS) is 11.5. The summed E-state index contributed by atoms with van der Waals surface area (Å²) in [7, 11) is 3.28. The molecule has 1 N–H and O–H groups in total. The minimum absolute atomic E-state index is 0.296. The molecular formula is C16H17ClN6O2. The number of rotatable bonds is 4. The summed E-state index contributed by atoms with van der Waals surface area (Å²) in [5.41, 5.74) is 3.55. The van der Waals surface area contributed by atoms with E-state index in [4.69, 9.17) is 11.6 Å². The van der Waals surface area contributed by atoms with E-state index in [0.717, 1.165) is 5.56 Å². The Morgan fingerprint density at radius 3 is 2.52 bits per heavy atom. The third-order valence-electron chi connectivity index (χ3n) is 3.92. The van der Waals surface area contributed by atoms with Gasteiger partial charge in [0.05, 0.1) is 6.21 Å². The molecule has 2 heterocycles. The van der Waals surface area contributed by atoms with Crippen LogP contribution in [0.5, 0.6) is 0 Å². The molecule has 1 aromatic carbocycles. The molecule has 3 aromatic rings. The van der Waals surface area contributed by atoms with E-state index < -0.39 is 5.69 Å². The first-order chi connectivity index (χ1) is 11.9. The highest BCUT2D eigenvalue weighted by Crippen LogP contribution is 2.13. The number of benzene rings is 1. The minimum atomic E-state index is -0.394. The fraction of sp³-hybridized carbons (Fsp3) is 0.250. The third-order valence-corrected chi connectivity index (χ3v) is 4.18. The molecule has 0 saturated carbocycles. The maximum atomic E-state index is 12.5. The van der Waals surface area contributed by atoms with Crippen molar-refractivity contribution in [2.45, 2.75) is 13.5 Å². The fourth-order valence-electron chi connectivity index (χ4n) is 2.54. The van der Waals surface area contributed by atoms with Crippen molar-refractivity contribution in [1.29, 1.82) is 0 Å². The van der Waals surface area contributed by atoms with Crippen molar-refractivity contribution in [1.82, 2.24) is 18.7 Å². The van der Waals surface area contributed by atoms with Gasteiger partial charge in [-0.3, -0.25) is 13.9 Å². The van der Waals surface area contributed by atoms with Crippen LogP contribution >= 0.6 is 11.6 Å². The number of hydrogen-bond acceptors (Lipinski definition) is 5. The maximum Gasteiger partial charge on any atom is 0.332 e. The van der Waals surface area contributed by atoms with Gasteiger partial charge in [-0.2, -0.15) is 10.1 Å². The molecule has 0 unspecified atom stereocenters. The van der Waals surface area contributed by atoms with Gasteiger partial charge in [0, 0.05) is 25.7 Å². The molecule has 0 aliphatic heterocycles. The molecule has 0 atom stereocenters. The van der Waals surface area contributed by atoms with Gasteiger partial charge in [0.2, 0.25) is 5.95 Å². The van der Waals surface area contributed by atoms with Crippen LogP contribution < -0.4 is 16.7 Å².